The van der Waals surface area contributed by atoms with Crippen molar-refractivity contribution in [3.8, 4) is 57.5 Å². The fraction of sp³-hybridized carbons (Fsp3) is 0. The Balaban J connectivity index is 0.000000159. The highest BCUT2D eigenvalue weighted by atomic mass is 16.5. The molecular formula is C43H36B3N5O8. The monoisotopic (exact) mass is 783 g/mol. The molecule has 0 bridgehead atoms. The zero-order valence-corrected chi connectivity index (χ0v) is 31.3. The van der Waals surface area contributed by atoms with Crippen LogP contribution in [-0.4, -0.2) is 76.8 Å². The van der Waals surface area contributed by atoms with Gasteiger partial charge in [-0.2, -0.15) is 0 Å². The molecule has 290 valence electrons. The first-order valence-corrected chi connectivity index (χ1v) is 17.8. The molecular weight excluding hydrogens is 747 g/mol. The van der Waals surface area contributed by atoms with E-state index in [4.69, 9.17) is 45.6 Å². The van der Waals surface area contributed by atoms with Gasteiger partial charge in [0.25, 0.3) is 0 Å². The van der Waals surface area contributed by atoms with Gasteiger partial charge in [-0.15, -0.1) is 6.42 Å². The number of hydrogen-bond acceptors (Lipinski definition) is 13. The van der Waals surface area contributed by atoms with Gasteiger partial charge in [0.1, 0.15) is 17.1 Å². The van der Waals surface area contributed by atoms with Crippen molar-refractivity contribution in [1.29, 1.82) is 0 Å². The SMILES string of the molecule is C#Cc1ccccn1.C=Cc1ccc(B(O)O)cc1.OB(O)c1ccc(-c2cc(-c3cccnc3)on2)cc1.OB(O)c1ccc(-c2cc(-c3cccnc3)on2)cc1. The van der Waals surface area contributed by atoms with Crippen molar-refractivity contribution in [3.05, 3.63) is 176 Å². The summed E-state index contributed by atoms with van der Waals surface area (Å²) in [7, 11) is -4.31. The van der Waals surface area contributed by atoms with Gasteiger partial charge in [0.05, 0.1) is 0 Å². The van der Waals surface area contributed by atoms with E-state index in [-0.39, 0.29) is 0 Å². The lowest BCUT2D eigenvalue weighted by Crippen LogP contribution is -2.29. The summed E-state index contributed by atoms with van der Waals surface area (Å²) < 4.78 is 10.6. The van der Waals surface area contributed by atoms with E-state index in [9.17, 15) is 0 Å². The molecule has 0 fully saturated rings. The van der Waals surface area contributed by atoms with Gasteiger partial charge in [-0.05, 0) is 58.4 Å². The topological polar surface area (TPSA) is 212 Å². The van der Waals surface area contributed by atoms with Crippen LogP contribution in [0.5, 0.6) is 0 Å². The molecule has 0 atom stereocenters. The minimum absolute atomic E-state index is 0.435. The number of rotatable bonds is 8. The highest BCUT2D eigenvalue weighted by Gasteiger charge is 2.14. The maximum atomic E-state index is 9.05. The number of aromatic nitrogens is 5. The predicted molar refractivity (Wildman–Crippen MR) is 229 cm³/mol. The molecule has 6 N–H and O–H groups in total. The molecule has 0 saturated heterocycles. The van der Waals surface area contributed by atoms with Gasteiger partial charge in [-0.1, -0.05) is 108 Å². The van der Waals surface area contributed by atoms with Gasteiger partial charge in [-0.25, -0.2) is 4.98 Å². The number of pyridine rings is 3. The van der Waals surface area contributed by atoms with Crippen molar-refractivity contribution in [2.24, 2.45) is 0 Å². The summed E-state index contributed by atoms with van der Waals surface area (Å²) in [5, 5.41) is 61.7. The number of benzene rings is 3. The molecule has 0 aliphatic heterocycles. The normalized spacial score (nSPS) is 9.92. The predicted octanol–water partition coefficient (Wildman–Crippen LogP) is 3.24. The first-order valence-electron chi connectivity index (χ1n) is 17.8. The van der Waals surface area contributed by atoms with E-state index in [0.717, 1.165) is 27.8 Å². The number of terminal acetylenes is 1. The molecule has 0 spiro atoms. The van der Waals surface area contributed by atoms with Crippen molar-refractivity contribution in [1.82, 2.24) is 25.3 Å². The fourth-order valence-corrected chi connectivity index (χ4v) is 5.02. The van der Waals surface area contributed by atoms with Crippen molar-refractivity contribution in [2.45, 2.75) is 0 Å². The second-order valence-electron chi connectivity index (χ2n) is 12.2. The average molecular weight is 783 g/mol. The third kappa shape index (κ3) is 12.9. The quantitative estimate of drug-likeness (QED) is 0.0967. The van der Waals surface area contributed by atoms with Gasteiger partial charge in [-0.3, -0.25) is 9.97 Å². The molecule has 0 radical (unpaired) electrons. The molecule has 59 heavy (non-hydrogen) atoms. The van der Waals surface area contributed by atoms with Crippen molar-refractivity contribution < 1.29 is 39.2 Å². The van der Waals surface area contributed by atoms with Gasteiger partial charge in [0.2, 0.25) is 0 Å². The van der Waals surface area contributed by atoms with Gasteiger partial charge in [0, 0.05) is 65.4 Å². The lowest BCUT2D eigenvalue weighted by molar-refractivity contribution is 0.424. The minimum atomic E-state index is -1.47. The van der Waals surface area contributed by atoms with Crippen molar-refractivity contribution >= 4 is 43.8 Å². The van der Waals surface area contributed by atoms with Gasteiger partial charge >= 0.3 is 21.4 Å². The number of nitrogens with zero attached hydrogens (tertiary/aromatic N) is 5. The average Bonchev–Trinajstić information content (AvgIpc) is 4.00. The van der Waals surface area contributed by atoms with Crippen LogP contribution in [0.15, 0.2) is 174 Å². The van der Waals surface area contributed by atoms with Crippen LogP contribution in [0.2, 0.25) is 0 Å². The lowest BCUT2D eigenvalue weighted by Gasteiger charge is -1.99. The lowest BCUT2D eigenvalue weighted by atomic mass is 9.80. The van der Waals surface area contributed by atoms with E-state index in [1.807, 2.05) is 48.5 Å². The highest BCUT2D eigenvalue weighted by Crippen LogP contribution is 2.26. The van der Waals surface area contributed by atoms with Crippen LogP contribution in [0.1, 0.15) is 11.3 Å². The molecule has 0 aliphatic carbocycles. The Labute approximate surface area is 341 Å². The van der Waals surface area contributed by atoms with E-state index >= 15 is 0 Å². The van der Waals surface area contributed by atoms with E-state index in [1.54, 1.807) is 116 Å². The molecule has 8 rings (SSSR count). The van der Waals surface area contributed by atoms with Crippen LogP contribution in [0.4, 0.5) is 0 Å². The van der Waals surface area contributed by atoms with E-state index in [1.165, 1.54) is 0 Å². The molecule has 3 aromatic carbocycles. The standard InChI is InChI=1S/2C14H11BN2O3.C8H9BO2.C7H5N/c2*18-15(19)12-5-3-10(4-6-12)13-8-14(20-17-13)11-2-1-7-16-9-11;1-2-7-3-5-8(6-4-7)9(10)11;1-2-7-5-3-4-6-8-7/h2*1-9,18-19H;2-6,10-11H,1H2;1,3-6H. The summed E-state index contributed by atoms with van der Waals surface area (Å²) in [6.07, 6.45) is 15.2. The van der Waals surface area contributed by atoms with Gasteiger partial charge in [0.15, 0.2) is 11.5 Å². The molecule has 0 saturated carbocycles. The molecule has 0 amide bonds. The summed E-state index contributed by atoms with van der Waals surface area (Å²) in [4.78, 5) is 11.9. The summed E-state index contributed by atoms with van der Waals surface area (Å²) in [6, 6.07) is 37.0. The van der Waals surface area contributed by atoms with Crippen LogP contribution >= 0.6 is 0 Å². The largest absolute Gasteiger partial charge is 0.488 e. The van der Waals surface area contributed by atoms with Crippen molar-refractivity contribution in [3.63, 3.8) is 0 Å². The van der Waals surface area contributed by atoms with Crippen LogP contribution in [0.3, 0.4) is 0 Å². The second-order valence-corrected chi connectivity index (χ2v) is 12.2. The Morgan fingerprint density at radius 1 is 0.525 bits per heavy atom. The maximum Gasteiger partial charge on any atom is 0.488 e. The third-order valence-corrected chi connectivity index (χ3v) is 8.20. The van der Waals surface area contributed by atoms with E-state index < -0.39 is 21.4 Å². The van der Waals surface area contributed by atoms with Gasteiger partial charge < -0.3 is 39.2 Å². The Morgan fingerprint density at radius 3 is 1.29 bits per heavy atom. The Kier molecular flexibility index (Phi) is 15.9. The minimum Gasteiger partial charge on any atom is -0.423 e. The Morgan fingerprint density at radius 2 is 0.966 bits per heavy atom. The molecule has 5 aromatic heterocycles. The molecule has 13 nitrogen and oxygen atoms in total. The van der Waals surface area contributed by atoms with Crippen LogP contribution in [0, 0.1) is 12.3 Å². The van der Waals surface area contributed by atoms with E-state index in [0.29, 0.717) is 45.0 Å². The van der Waals surface area contributed by atoms with Crippen molar-refractivity contribution in [2.75, 3.05) is 0 Å². The van der Waals surface area contributed by atoms with E-state index in [2.05, 4.69) is 37.8 Å². The summed E-state index contributed by atoms with van der Waals surface area (Å²) >= 11 is 0. The highest BCUT2D eigenvalue weighted by molar-refractivity contribution is 6.59. The number of hydrogen-bond donors (Lipinski definition) is 6. The molecule has 5 heterocycles. The molecule has 0 unspecified atom stereocenters. The summed E-state index contributed by atoms with van der Waals surface area (Å²) in [5.41, 5.74) is 7.78. The molecule has 8 aromatic rings. The Hall–Kier alpha value is -7.22. The zero-order chi connectivity index (χ0) is 42.0. The first-order chi connectivity index (χ1) is 28.6. The molecule has 0 aliphatic rings. The summed E-state index contributed by atoms with van der Waals surface area (Å²) in [5.74, 6) is 3.69. The third-order valence-electron chi connectivity index (χ3n) is 8.20. The zero-order valence-electron chi connectivity index (χ0n) is 31.3. The first kappa shape index (κ1) is 42.9. The summed E-state index contributed by atoms with van der Waals surface area (Å²) in [6.45, 7) is 3.58. The fourth-order valence-electron chi connectivity index (χ4n) is 5.02. The van der Waals surface area contributed by atoms with Crippen LogP contribution < -0.4 is 16.4 Å². The smallest absolute Gasteiger partial charge is 0.423 e. The van der Waals surface area contributed by atoms with Crippen LogP contribution in [0.25, 0.3) is 51.2 Å². The molecule has 16 heteroatoms. The van der Waals surface area contributed by atoms with Crippen LogP contribution in [-0.2, 0) is 0 Å². The maximum absolute atomic E-state index is 9.05. The Bertz CT molecular complexity index is 2370. The second kappa shape index (κ2) is 21.9.